The van der Waals surface area contributed by atoms with E-state index in [0.717, 1.165) is 32.1 Å². The van der Waals surface area contributed by atoms with E-state index in [1.807, 2.05) is 41.5 Å². The third kappa shape index (κ3) is 8.89. The molecule has 5 heterocycles. The number of hydrogen-bond donors (Lipinski definition) is 5. The Bertz CT molecular complexity index is 1460. The van der Waals surface area contributed by atoms with Crippen molar-refractivity contribution in [1.29, 1.82) is 0 Å². The predicted molar refractivity (Wildman–Crippen MR) is 219 cm³/mol. The third-order valence-corrected chi connectivity index (χ3v) is 15.9. The van der Waals surface area contributed by atoms with Gasteiger partial charge < -0.3 is 39.2 Å². The average Bonchev–Trinajstić information content (AvgIpc) is 3.99. The van der Waals surface area contributed by atoms with Crippen molar-refractivity contribution in [2.45, 2.75) is 224 Å². The molecule has 5 fully saturated rings. The van der Waals surface area contributed by atoms with E-state index < -0.39 is 58.6 Å². The van der Waals surface area contributed by atoms with Crippen molar-refractivity contribution in [3.63, 3.8) is 0 Å². The number of carbonyl (C=O) groups excluding carboxylic acids is 2. The monoisotopic (exact) mass is 819 g/mol. The number of aliphatic hydroxyl groups is 2. The van der Waals surface area contributed by atoms with Crippen molar-refractivity contribution in [1.82, 2.24) is 10.8 Å². The molecule has 6 aliphatic rings. The highest BCUT2D eigenvalue weighted by Gasteiger charge is 2.63. The fourth-order valence-corrected chi connectivity index (χ4v) is 11.5. The first-order chi connectivity index (χ1) is 27.4. The first-order valence-corrected chi connectivity index (χ1v) is 23.1. The largest absolute Gasteiger partial charge is 0.392 e. The highest BCUT2D eigenvalue weighted by atomic mass is 16.8. The fraction of sp³-hybridized carbons (Fsp3) is 0.913. The van der Waals surface area contributed by atoms with Gasteiger partial charge in [-0.15, -0.1) is 0 Å². The van der Waals surface area contributed by atoms with Gasteiger partial charge in [0, 0.05) is 42.6 Å². The molecule has 4 saturated heterocycles. The summed E-state index contributed by atoms with van der Waals surface area (Å²) < 4.78 is 35.2. The highest BCUT2D eigenvalue weighted by Crippen LogP contribution is 2.54. The van der Waals surface area contributed by atoms with E-state index in [4.69, 9.17) is 23.7 Å². The normalized spacial score (nSPS) is 44.7. The predicted octanol–water partition coefficient (Wildman–Crippen LogP) is 6.76. The third-order valence-electron chi connectivity index (χ3n) is 15.9. The van der Waals surface area contributed by atoms with E-state index in [1.54, 1.807) is 5.48 Å². The molecule has 12 nitrogen and oxygen atoms in total. The molecule has 6 rings (SSSR count). The van der Waals surface area contributed by atoms with Crippen LogP contribution >= 0.6 is 0 Å². The average molecular weight is 819 g/mol. The maximum absolute atomic E-state index is 14.7. The Hall–Kier alpha value is -1.48. The molecule has 0 aromatic carbocycles. The molecule has 5 N–H and O–H groups in total. The van der Waals surface area contributed by atoms with Gasteiger partial charge in [-0.05, 0) is 96.3 Å². The number of Topliss-reactive ketones (excluding diaryl/α,β-unsaturated/α-hetero) is 1. The van der Waals surface area contributed by atoms with Crippen molar-refractivity contribution in [2.75, 3.05) is 0 Å². The molecule has 12 heteroatoms. The Labute approximate surface area is 348 Å². The summed E-state index contributed by atoms with van der Waals surface area (Å²) in [5.41, 5.74) is 0.316. The molecule has 1 saturated carbocycles. The number of carbonyl (C=O) groups is 2. The molecule has 0 radical (unpaired) electrons. The summed E-state index contributed by atoms with van der Waals surface area (Å²) in [5, 5.41) is 36.3. The van der Waals surface area contributed by atoms with E-state index >= 15 is 0 Å². The van der Waals surface area contributed by atoms with Gasteiger partial charge in [0.25, 0.3) is 0 Å². The van der Waals surface area contributed by atoms with Gasteiger partial charge in [-0.3, -0.25) is 14.8 Å². The van der Waals surface area contributed by atoms with Gasteiger partial charge in [0.1, 0.15) is 5.78 Å². The first-order valence-electron chi connectivity index (χ1n) is 23.1. The van der Waals surface area contributed by atoms with Crippen molar-refractivity contribution in [3.05, 3.63) is 12.2 Å². The quantitative estimate of drug-likeness (QED) is 0.0715. The van der Waals surface area contributed by atoms with Gasteiger partial charge in [0.2, 0.25) is 5.91 Å². The van der Waals surface area contributed by atoms with Gasteiger partial charge in [-0.25, -0.2) is 5.48 Å². The molecule has 0 bridgehead atoms. The number of rotatable bonds is 14. The molecule has 1 amide bonds. The van der Waals surface area contributed by atoms with Crippen LogP contribution in [0.2, 0.25) is 0 Å². The van der Waals surface area contributed by atoms with Gasteiger partial charge in [-0.1, -0.05) is 67.5 Å². The fourth-order valence-electron chi connectivity index (χ4n) is 11.5. The number of amides is 1. The topological polar surface area (TPSA) is 165 Å². The Kier molecular flexibility index (Phi) is 14.4. The molecule has 0 aromatic rings. The van der Waals surface area contributed by atoms with Gasteiger partial charge in [0.05, 0.1) is 59.8 Å². The van der Waals surface area contributed by atoms with Crippen LogP contribution in [0.25, 0.3) is 0 Å². The number of hydrogen-bond acceptors (Lipinski definition) is 11. The summed E-state index contributed by atoms with van der Waals surface area (Å²) >= 11 is 0. The second-order valence-corrected chi connectivity index (χ2v) is 19.9. The molecule has 3 unspecified atom stereocenters. The van der Waals surface area contributed by atoms with E-state index in [0.29, 0.717) is 57.4 Å². The molecule has 2 spiro atoms. The zero-order valence-corrected chi connectivity index (χ0v) is 37.2. The Morgan fingerprint density at radius 2 is 1.57 bits per heavy atom. The zero-order chi connectivity index (χ0) is 42.4. The lowest BCUT2D eigenvalue weighted by molar-refractivity contribution is -0.407. The summed E-state index contributed by atoms with van der Waals surface area (Å²) in [5.74, 6) is -4.36. The maximum Gasteiger partial charge on any atom is 0.249 e. The van der Waals surface area contributed by atoms with Gasteiger partial charge in [0.15, 0.2) is 11.6 Å². The smallest absolute Gasteiger partial charge is 0.249 e. The molecule has 58 heavy (non-hydrogen) atoms. The Morgan fingerprint density at radius 3 is 2.19 bits per heavy atom. The summed E-state index contributed by atoms with van der Waals surface area (Å²) in [6, 6.07) is 0.208. The van der Waals surface area contributed by atoms with Crippen LogP contribution in [0.15, 0.2) is 12.2 Å². The summed E-state index contributed by atoms with van der Waals surface area (Å²) in [6.45, 7) is 20.3. The number of ether oxygens (including phenoxy) is 5. The van der Waals surface area contributed by atoms with Crippen molar-refractivity contribution in [3.8, 4) is 0 Å². The summed E-state index contributed by atoms with van der Waals surface area (Å²) in [4.78, 5) is 27.2. The van der Waals surface area contributed by atoms with Gasteiger partial charge >= 0.3 is 0 Å². The van der Waals surface area contributed by atoms with E-state index in [1.165, 1.54) is 0 Å². The molecule has 18 atom stereocenters. The maximum atomic E-state index is 14.7. The first kappa shape index (κ1) is 46.0. The lowest BCUT2D eigenvalue weighted by Gasteiger charge is -2.53. The van der Waals surface area contributed by atoms with Crippen LogP contribution in [0.1, 0.15) is 153 Å². The zero-order valence-electron chi connectivity index (χ0n) is 37.2. The van der Waals surface area contributed by atoms with Crippen LogP contribution in [0.3, 0.4) is 0 Å². The van der Waals surface area contributed by atoms with Crippen LogP contribution in [0, 0.1) is 41.4 Å². The van der Waals surface area contributed by atoms with Crippen LogP contribution < -0.4 is 10.8 Å². The number of aliphatic hydroxyl groups excluding tert-OH is 1. The van der Waals surface area contributed by atoms with E-state index in [2.05, 4.69) is 45.2 Å². The molecular weight excluding hydrogens is 741 g/mol. The number of ketones is 1. The van der Waals surface area contributed by atoms with Crippen LogP contribution in [0.5, 0.6) is 0 Å². The molecule has 5 aliphatic heterocycles. The summed E-state index contributed by atoms with van der Waals surface area (Å²) in [6.07, 6.45) is 11.3. The minimum absolute atomic E-state index is 0.00862. The lowest BCUT2D eigenvalue weighted by atomic mass is 9.72. The van der Waals surface area contributed by atoms with Crippen molar-refractivity contribution >= 4 is 11.7 Å². The standard InChI is InChI=1S/C46H78N2O10/c1-11-33(42(51)48-53)35-19-16-26(4)40(55-35)30(8)38(49)29(7)39(50)34(12-2)41-27(5)25-28(6)45(56-41)21-14-15-36(47-32-17-18-32)46(58-45)24-23-43(10,57-46)37-20-22-44(52,13-3)31(9)54-37/h14-15,26-38,40-41,47,49,52-53H,11-13,16-25H2,1-10H3,(H,48,51)/t26-,27-,28+,29-,30-,31-,33?,34-,35+,36?,37+,38+,40?,41-,43-,44+,45-,46-/m0/s1. The molecular formula is C46H78N2O10. The van der Waals surface area contributed by atoms with E-state index in [-0.39, 0.29) is 59.9 Å². The van der Waals surface area contributed by atoms with Gasteiger partial charge in [-0.2, -0.15) is 0 Å². The van der Waals surface area contributed by atoms with Crippen LogP contribution in [-0.4, -0.2) is 98.6 Å². The van der Waals surface area contributed by atoms with Crippen molar-refractivity contribution < 1.29 is 48.7 Å². The second kappa shape index (κ2) is 18.1. The number of hydroxylamine groups is 1. The Morgan fingerprint density at radius 1 is 0.862 bits per heavy atom. The minimum atomic E-state index is -1.04. The molecule has 0 aromatic heterocycles. The van der Waals surface area contributed by atoms with Crippen molar-refractivity contribution in [2.24, 2.45) is 41.4 Å². The SMILES string of the molecule is CCC(C(=O)NO)[C@H]1CC[C@H](C)C([C@@H](C)[C@H](O)[C@H](C)C(=O)[C@H](CC)[C@H]2O[C@]3(CC=CC(NC4CC4)[C@]4(CC[C@@](C)([C@H]5CC[C@](O)(CC)[C@H](C)O5)O4)O3)[C@H](C)C[C@@H]2C)O1. The van der Waals surface area contributed by atoms with Crippen LogP contribution in [-0.2, 0) is 33.3 Å². The second-order valence-electron chi connectivity index (χ2n) is 19.9. The van der Waals surface area contributed by atoms with Crippen LogP contribution in [0.4, 0.5) is 0 Å². The molecule has 332 valence electrons. The van der Waals surface area contributed by atoms with E-state index in [9.17, 15) is 25.0 Å². The summed E-state index contributed by atoms with van der Waals surface area (Å²) in [7, 11) is 0. The lowest BCUT2D eigenvalue weighted by Crippen LogP contribution is -2.63. The minimum Gasteiger partial charge on any atom is -0.392 e. The Balaban J connectivity index is 1.21. The highest BCUT2D eigenvalue weighted by molar-refractivity contribution is 5.84. The number of nitrogens with one attached hydrogen (secondary N) is 2. The molecule has 1 aliphatic carbocycles.